The van der Waals surface area contributed by atoms with Crippen molar-refractivity contribution in [2.45, 2.75) is 39.2 Å². The van der Waals surface area contributed by atoms with Gasteiger partial charge in [0.05, 0.1) is 17.3 Å². The van der Waals surface area contributed by atoms with Crippen molar-refractivity contribution >= 4 is 33.7 Å². The molecule has 6 nitrogen and oxygen atoms in total. The van der Waals surface area contributed by atoms with Crippen molar-refractivity contribution in [2.75, 3.05) is 17.2 Å². The van der Waals surface area contributed by atoms with E-state index in [1.165, 1.54) is 5.56 Å². The number of aromatic amines is 1. The Morgan fingerprint density at radius 1 is 1.21 bits per heavy atom. The molecule has 2 heterocycles. The number of aliphatic hydroxyl groups is 1. The number of nitrogens with zero attached hydrogens (tertiary/aromatic N) is 1. The van der Waals surface area contributed by atoms with E-state index in [0.29, 0.717) is 0 Å². The van der Waals surface area contributed by atoms with Crippen molar-refractivity contribution in [3.05, 3.63) is 82.8 Å². The van der Waals surface area contributed by atoms with Crippen LogP contribution in [0.25, 0.3) is 10.9 Å². The number of rotatable bonds is 7. The Kier molecular flexibility index (Phi) is 5.60. The van der Waals surface area contributed by atoms with E-state index in [9.17, 15) is 9.90 Å². The monoisotopic (exact) mass is 440 g/mol. The minimum Gasteiger partial charge on any atom is -0.387 e. The summed E-state index contributed by atoms with van der Waals surface area (Å²) < 4.78 is 0. The molecule has 2 aromatic carbocycles. The van der Waals surface area contributed by atoms with Gasteiger partial charge >= 0.3 is 0 Å². The average Bonchev–Trinajstić information content (AvgIpc) is 3.39. The third kappa shape index (κ3) is 4.10. The van der Waals surface area contributed by atoms with Gasteiger partial charge < -0.3 is 20.7 Å². The van der Waals surface area contributed by atoms with Gasteiger partial charge in [0.2, 0.25) is 0 Å². The molecule has 0 radical (unpaired) electrons. The summed E-state index contributed by atoms with van der Waals surface area (Å²) in [5, 5.41) is 18.2. The molecule has 0 spiro atoms. The topological polar surface area (TPSA) is 90.0 Å². The van der Waals surface area contributed by atoms with Crippen LogP contribution in [-0.2, 0) is 12.8 Å². The van der Waals surface area contributed by atoms with E-state index in [-0.39, 0.29) is 5.78 Å². The molecule has 33 heavy (non-hydrogen) atoms. The van der Waals surface area contributed by atoms with Gasteiger partial charge in [0.25, 0.3) is 0 Å². The maximum absolute atomic E-state index is 11.9. The Hall–Kier alpha value is -3.64. The first-order chi connectivity index (χ1) is 16.0. The predicted octanol–water partition coefficient (Wildman–Crippen LogP) is 5.45. The summed E-state index contributed by atoms with van der Waals surface area (Å²) in [5.74, 6) is 0.0735. The van der Waals surface area contributed by atoms with Crippen molar-refractivity contribution < 1.29 is 9.90 Å². The smallest absolute Gasteiger partial charge is 0.161 e. The molecule has 168 valence electrons. The van der Waals surface area contributed by atoms with Crippen molar-refractivity contribution in [2.24, 2.45) is 0 Å². The van der Waals surface area contributed by atoms with Crippen molar-refractivity contribution in [1.29, 1.82) is 0 Å². The molecule has 0 saturated heterocycles. The summed E-state index contributed by atoms with van der Waals surface area (Å²) in [5.41, 5.74) is 9.04. The van der Waals surface area contributed by atoms with Gasteiger partial charge in [0.1, 0.15) is 0 Å². The quantitative estimate of drug-likeness (QED) is 0.287. The lowest BCUT2D eigenvalue weighted by molar-refractivity contribution is 0.101. The number of pyridine rings is 1. The van der Waals surface area contributed by atoms with Gasteiger partial charge in [0.15, 0.2) is 5.78 Å². The lowest BCUT2D eigenvalue weighted by Crippen LogP contribution is -2.06. The highest BCUT2D eigenvalue weighted by atomic mass is 16.3. The molecule has 1 aliphatic carbocycles. The number of para-hydroxylation sites is 1. The van der Waals surface area contributed by atoms with Crippen LogP contribution in [0.3, 0.4) is 0 Å². The maximum Gasteiger partial charge on any atom is 0.161 e. The van der Waals surface area contributed by atoms with E-state index in [2.05, 4.69) is 51.8 Å². The van der Waals surface area contributed by atoms with Crippen molar-refractivity contribution in [1.82, 2.24) is 9.97 Å². The number of H-pyrrole nitrogens is 1. The van der Waals surface area contributed by atoms with Gasteiger partial charge in [-0.1, -0.05) is 12.1 Å². The van der Waals surface area contributed by atoms with E-state index >= 15 is 0 Å². The zero-order valence-corrected chi connectivity index (χ0v) is 18.9. The number of aryl methyl sites for hydroxylation is 1. The molecule has 0 fully saturated rings. The van der Waals surface area contributed by atoms with Crippen LogP contribution in [0, 0.1) is 6.92 Å². The van der Waals surface area contributed by atoms with Crippen LogP contribution in [0.1, 0.15) is 52.2 Å². The second-order valence-corrected chi connectivity index (χ2v) is 8.71. The summed E-state index contributed by atoms with van der Waals surface area (Å²) in [6, 6.07) is 14.1. The fraction of sp³-hybridized carbons (Fsp3) is 0.259. The molecule has 0 saturated carbocycles. The molecule has 0 amide bonds. The van der Waals surface area contributed by atoms with Crippen LogP contribution in [0.5, 0.6) is 0 Å². The number of aromatic nitrogens is 2. The molecule has 1 atom stereocenters. The molecule has 6 heteroatoms. The number of carbonyl (C=O) groups excluding carboxylic acids is 1. The lowest BCUT2D eigenvalue weighted by Gasteiger charge is -2.14. The Bertz CT molecular complexity index is 1340. The zero-order valence-electron chi connectivity index (χ0n) is 18.9. The molecule has 4 N–H and O–H groups in total. The van der Waals surface area contributed by atoms with Crippen molar-refractivity contribution in [3.8, 4) is 0 Å². The van der Waals surface area contributed by atoms with E-state index in [1.54, 1.807) is 13.1 Å². The molecule has 4 aromatic rings. The van der Waals surface area contributed by atoms with Crippen LogP contribution in [0.15, 0.2) is 54.9 Å². The first kappa shape index (κ1) is 21.2. The summed E-state index contributed by atoms with van der Waals surface area (Å²) in [6.07, 6.45) is 5.72. The molecule has 1 unspecified atom stereocenters. The lowest BCUT2D eigenvalue weighted by atomic mass is 10.0. The standard InChI is InChI=1S/C27H28N4O2/c1-16-14-19(31-24-11-13-29-27-22(24)7-9-25(27)33)6-8-23(16)28-12-10-18-15-30-26-20(17(2)32)4-3-5-21(18)26/h3-6,8,11,13-15,25,28,30,33H,7,9-10,12H2,1-2H3,(H,29,31). The minimum atomic E-state index is -0.457. The van der Waals surface area contributed by atoms with Gasteiger partial charge in [-0.3, -0.25) is 9.78 Å². The van der Waals surface area contributed by atoms with Gasteiger partial charge in [0, 0.05) is 47.0 Å². The van der Waals surface area contributed by atoms with E-state index in [1.807, 2.05) is 24.4 Å². The fourth-order valence-electron chi connectivity index (χ4n) is 4.73. The Morgan fingerprint density at radius 3 is 2.91 bits per heavy atom. The molecule has 1 aliphatic rings. The third-order valence-electron chi connectivity index (χ3n) is 6.47. The predicted molar refractivity (Wildman–Crippen MR) is 132 cm³/mol. The maximum atomic E-state index is 11.9. The number of hydrogen-bond donors (Lipinski definition) is 4. The number of nitrogens with one attached hydrogen (secondary N) is 3. The highest BCUT2D eigenvalue weighted by molar-refractivity contribution is 6.06. The Labute approximate surface area is 193 Å². The zero-order chi connectivity index (χ0) is 22.9. The SMILES string of the molecule is CC(=O)c1cccc2c(CCNc3ccc(Nc4ccnc5c4CCC5O)cc3C)c[nH]c12. The number of fused-ring (bicyclic) bond motifs is 2. The molecule has 5 rings (SSSR count). The van der Waals surface area contributed by atoms with Crippen LogP contribution in [0.2, 0.25) is 0 Å². The number of benzene rings is 2. The van der Waals surface area contributed by atoms with Crippen LogP contribution in [0.4, 0.5) is 17.1 Å². The average molecular weight is 441 g/mol. The minimum absolute atomic E-state index is 0.0735. The van der Waals surface area contributed by atoms with Gasteiger partial charge in [-0.2, -0.15) is 0 Å². The first-order valence-electron chi connectivity index (χ1n) is 11.4. The van der Waals surface area contributed by atoms with Gasteiger partial charge in [-0.15, -0.1) is 0 Å². The fourth-order valence-corrected chi connectivity index (χ4v) is 4.73. The highest BCUT2D eigenvalue weighted by Crippen LogP contribution is 2.35. The van der Waals surface area contributed by atoms with Crippen molar-refractivity contribution in [3.63, 3.8) is 0 Å². The summed E-state index contributed by atoms with van der Waals surface area (Å²) >= 11 is 0. The number of carbonyl (C=O) groups is 1. The number of Topliss-reactive ketones (excluding diaryl/α,β-unsaturated/α-hetero) is 1. The Morgan fingerprint density at radius 2 is 2.09 bits per heavy atom. The van der Waals surface area contributed by atoms with E-state index in [4.69, 9.17) is 0 Å². The number of hydrogen-bond acceptors (Lipinski definition) is 5. The van der Waals surface area contributed by atoms with Gasteiger partial charge in [-0.05, 0) is 80.1 Å². The highest BCUT2D eigenvalue weighted by Gasteiger charge is 2.24. The number of ketones is 1. The van der Waals surface area contributed by atoms with Crippen LogP contribution in [-0.4, -0.2) is 27.4 Å². The molecule has 2 aromatic heterocycles. The van der Waals surface area contributed by atoms with E-state index in [0.717, 1.165) is 76.2 Å². The first-order valence-corrected chi connectivity index (χ1v) is 11.4. The Balaban J connectivity index is 1.26. The van der Waals surface area contributed by atoms with Crippen LogP contribution >= 0.6 is 0 Å². The largest absolute Gasteiger partial charge is 0.387 e. The second-order valence-electron chi connectivity index (χ2n) is 8.71. The molecular weight excluding hydrogens is 412 g/mol. The second kappa shape index (κ2) is 8.71. The third-order valence-corrected chi connectivity index (χ3v) is 6.47. The van der Waals surface area contributed by atoms with E-state index < -0.39 is 6.10 Å². The summed E-state index contributed by atoms with van der Waals surface area (Å²) in [6.45, 7) is 4.49. The number of aliphatic hydroxyl groups excluding tert-OH is 1. The number of anilines is 3. The summed E-state index contributed by atoms with van der Waals surface area (Å²) in [7, 11) is 0. The molecular formula is C27H28N4O2. The van der Waals surface area contributed by atoms with Crippen LogP contribution < -0.4 is 10.6 Å². The van der Waals surface area contributed by atoms with Gasteiger partial charge in [-0.25, -0.2) is 0 Å². The summed E-state index contributed by atoms with van der Waals surface area (Å²) in [4.78, 5) is 19.5. The molecule has 0 bridgehead atoms. The normalized spacial score (nSPS) is 14.9. The molecule has 0 aliphatic heterocycles.